The highest BCUT2D eigenvalue weighted by atomic mass is 16.2. The number of piperidine rings is 1. The number of carbonyl (C=O) groups excluding carboxylic acids is 1. The standard InChI is InChI=1S/C13H24N2O/c1-13(8-4-2-5-9-13)14-12(16)15-10-6-3-7-11-15/h2-11H2,1H3,(H,14,16). The van der Waals surface area contributed by atoms with Gasteiger partial charge in [0.1, 0.15) is 0 Å². The second-order valence-corrected chi connectivity index (χ2v) is 5.60. The molecule has 0 unspecified atom stereocenters. The molecule has 1 aliphatic carbocycles. The lowest BCUT2D eigenvalue weighted by atomic mass is 9.83. The van der Waals surface area contributed by atoms with E-state index in [-0.39, 0.29) is 11.6 Å². The summed E-state index contributed by atoms with van der Waals surface area (Å²) in [4.78, 5) is 14.1. The van der Waals surface area contributed by atoms with Gasteiger partial charge in [0.2, 0.25) is 0 Å². The highest BCUT2D eigenvalue weighted by Crippen LogP contribution is 2.27. The molecule has 0 radical (unpaired) electrons. The fourth-order valence-corrected chi connectivity index (χ4v) is 2.89. The molecule has 1 saturated carbocycles. The maximum atomic E-state index is 12.1. The molecular weight excluding hydrogens is 200 g/mol. The molecule has 1 aliphatic heterocycles. The van der Waals surface area contributed by atoms with Crippen LogP contribution in [0.1, 0.15) is 58.3 Å². The number of amides is 2. The smallest absolute Gasteiger partial charge is 0.317 e. The van der Waals surface area contributed by atoms with E-state index in [1.807, 2.05) is 4.90 Å². The fraction of sp³-hybridized carbons (Fsp3) is 0.923. The first-order valence-electron chi connectivity index (χ1n) is 6.77. The predicted molar refractivity (Wildman–Crippen MR) is 65.4 cm³/mol. The van der Waals surface area contributed by atoms with E-state index < -0.39 is 0 Å². The van der Waals surface area contributed by atoms with Gasteiger partial charge in [0.15, 0.2) is 0 Å². The maximum absolute atomic E-state index is 12.1. The summed E-state index contributed by atoms with van der Waals surface area (Å²) in [6, 6.07) is 0.170. The molecule has 0 spiro atoms. The molecule has 2 rings (SSSR count). The Balaban J connectivity index is 1.85. The molecule has 3 heteroatoms. The van der Waals surface area contributed by atoms with E-state index in [9.17, 15) is 4.79 Å². The first-order chi connectivity index (χ1) is 7.70. The van der Waals surface area contributed by atoms with Crippen LogP contribution in [0.15, 0.2) is 0 Å². The van der Waals surface area contributed by atoms with Crippen LogP contribution in [0.25, 0.3) is 0 Å². The van der Waals surface area contributed by atoms with E-state index >= 15 is 0 Å². The van der Waals surface area contributed by atoms with Crippen molar-refractivity contribution >= 4 is 6.03 Å². The van der Waals surface area contributed by atoms with Crippen molar-refractivity contribution in [2.75, 3.05) is 13.1 Å². The summed E-state index contributed by atoms with van der Waals surface area (Å²) in [7, 11) is 0. The highest BCUT2D eigenvalue weighted by molar-refractivity contribution is 5.75. The minimum absolute atomic E-state index is 0.0623. The van der Waals surface area contributed by atoms with Crippen LogP contribution in [-0.2, 0) is 0 Å². The van der Waals surface area contributed by atoms with Gasteiger partial charge in [-0.1, -0.05) is 19.3 Å². The molecule has 2 amide bonds. The Morgan fingerprint density at radius 1 is 1.00 bits per heavy atom. The fourth-order valence-electron chi connectivity index (χ4n) is 2.89. The Morgan fingerprint density at radius 2 is 1.56 bits per heavy atom. The van der Waals surface area contributed by atoms with Crippen LogP contribution in [0.5, 0.6) is 0 Å². The van der Waals surface area contributed by atoms with Crippen LogP contribution in [0.3, 0.4) is 0 Å². The van der Waals surface area contributed by atoms with Crippen molar-refractivity contribution in [3.63, 3.8) is 0 Å². The van der Waals surface area contributed by atoms with E-state index in [2.05, 4.69) is 12.2 Å². The normalized spacial score (nSPS) is 25.2. The highest BCUT2D eigenvalue weighted by Gasteiger charge is 2.30. The van der Waals surface area contributed by atoms with Crippen molar-refractivity contribution in [3.8, 4) is 0 Å². The number of nitrogens with zero attached hydrogens (tertiary/aromatic N) is 1. The van der Waals surface area contributed by atoms with Crippen LogP contribution in [0.2, 0.25) is 0 Å². The molecule has 2 aliphatic rings. The van der Waals surface area contributed by atoms with Gasteiger partial charge in [-0.05, 0) is 39.0 Å². The first-order valence-corrected chi connectivity index (χ1v) is 6.77. The minimum Gasteiger partial charge on any atom is -0.333 e. The number of urea groups is 1. The van der Waals surface area contributed by atoms with Gasteiger partial charge in [0, 0.05) is 18.6 Å². The molecule has 1 N–H and O–H groups in total. The predicted octanol–water partition coefficient (Wildman–Crippen LogP) is 2.90. The Morgan fingerprint density at radius 3 is 2.19 bits per heavy atom. The quantitative estimate of drug-likeness (QED) is 0.729. The van der Waals surface area contributed by atoms with Gasteiger partial charge in [-0.2, -0.15) is 0 Å². The molecule has 1 saturated heterocycles. The number of hydrogen-bond acceptors (Lipinski definition) is 1. The van der Waals surface area contributed by atoms with Gasteiger partial charge in [-0.15, -0.1) is 0 Å². The van der Waals surface area contributed by atoms with Crippen molar-refractivity contribution in [2.24, 2.45) is 0 Å². The van der Waals surface area contributed by atoms with Gasteiger partial charge in [-0.25, -0.2) is 4.79 Å². The van der Waals surface area contributed by atoms with Gasteiger partial charge in [0.05, 0.1) is 0 Å². The molecular formula is C13H24N2O. The molecule has 92 valence electrons. The van der Waals surface area contributed by atoms with Crippen LogP contribution in [-0.4, -0.2) is 29.6 Å². The average molecular weight is 224 g/mol. The Bertz CT molecular complexity index is 240. The van der Waals surface area contributed by atoms with Gasteiger partial charge in [0.25, 0.3) is 0 Å². The monoisotopic (exact) mass is 224 g/mol. The summed E-state index contributed by atoms with van der Waals surface area (Å²) >= 11 is 0. The summed E-state index contributed by atoms with van der Waals surface area (Å²) < 4.78 is 0. The number of hydrogen-bond donors (Lipinski definition) is 1. The van der Waals surface area contributed by atoms with E-state index in [1.54, 1.807) is 0 Å². The summed E-state index contributed by atoms with van der Waals surface area (Å²) in [6.45, 7) is 4.10. The zero-order valence-corrected chi connectivity index (χ0v) is 10.4. The second kappa shape index (κ2) is 5.07. The second-order valence-electron chi connectivity index (χ2n) is 5.60. The van der Waals surface area contributed by atoms with Crippen molar-refractivity contribution in [1.29, 1.82) is 0 Å². The SMILES string of the molecule is CC1(NC(=O)N2CCCCC2)CCCCC1. The maximum Gasteiger partial charge on any atom is 0.317 e. The average Bonchev–Trinajstić information content (AvgIpc) is 2.30. The van der Waals surface area contributed by atoms with Crippen LogP contribution in [0, 0.1) is 0 Å². The van der Waals surface area contributed by atoms with Gasteiger partial charge >= 0.3 is 6.03 Å². The molecule has 0 bridgehead atoms. The minimum atomic E-state index is 0.0623. The summed E-state index contributed by atoms with van der Waals surface area (Å²) in [6.07, 6.45) is 9.76. The summed E-state index contributed by atoms with van der Waals surface area (Å²) in [5.74, 6) is 0. The van der Waals surface area contributed by atoms with Gasteiger partial charge in [-0.3, -0.25) is 0 Å². The van der Waals surface area contributed by atoms with Crippen molar-refractivity contribution < 1.29 is 4.79 Å². The number of likely N-dealkylation sites (tertiary alicyclic amines) is 1. The number of nitrogens with one attached hydrogen (secondary N) is 1. The lowest BCUT2D eigenvalue weighted by molar-refractivity contribution is 0.164. The third-order valence-electron chi connectivity index (χ3n) is 4.01. The Hall–Kier alpha value is -0.730. The molecule has 0 aromatic carbocycles. The van der Waals surface area contributed by atoms with Crippen LogP contribution in [0.4, 0.5) is 4.79 Å². The zero-order chi connectivity index (χ0) is 11.4. The molecule has 3 nitrogen and oxygen atoms in total. The molecule has 0 aromatic rings. The third kappa shape index (κ3) is 2.89. The van der Waals surface area contributed by atoms with Crippen molar-refractivity contribution in [3.05, 3.63) is 0 Å². The third-order valence-corrected chi connectivity index (χ3v) is 4.01. The van der Waals surface area contributed by atoms with Crippen LogP contribution < -0.4 is 5.32 Å². The molecule has 16 heavy (non-hydrogen) atoms. The Labute approximate surface area is 98.6 Å². The van der Waals surface area contributed by atoms with E-state index in [0.29, 0.717) is 0 Å². The molecule has 1 heterocycles. The summed E-state index contributed by atoms with van der Waals surface area (Å²) in [5, 5.41) is 3.25. The van der Waals surface area contributed by atoms with Crippen LogP contribution >= 0.6 is 0 Å². The largest absolute Gasteiger partial charge is 0.333 e. The van der Waals surface area contributed by atoms with Crippen molar-refractivity contribution in [2.45, 2.75) is 63.8 Å². The number of rotatable bonds is 1. The van der Waals surface area contributed by atoms with E-state index in [4.69, 9.17) is 0 Å². The molecule has 2 fully saturated rings. The topological polar surface area (TPSA) is 32.3 Å². The Kier molecular flexibility index (Phi) is 3.72. The lowest BCUT2D eigenvalue weighted by Gasteiger charge is -2.37. The molecule has 0 atom stereocenters. The van der Waals surface area contributed by atoms with Gasteiger partial charge < -0.3 is 10.2 Å². The summed E-state index contributed by atoms with van der Waals surface area (Å²) in [5.41, 5.74) is 0.0623. The first kappa shape index (κ1) is 11.7. The zero-order valence-electron chi connectivity index (χ0n) is 10.4. The molecule has 0 aromatic heterocycles. The lowest BCUT2D eigenvalue weighted by Crippen LogP contribution is -2.53. The van der Waals surface area contributed by atoms with E-state index in [1.165, 1.54) is 38.5 Å². The number of carbonyl (C=O) groups is 1. The van der Waals surface area contributed by atoms with E-state index in [0.717, 1.165) is 25.9 Å². The van der Waals surface area contributed by atoms with Crippen molar-refractivity contribution in [1.82, 2.24) is 10.2 Å².